The number of benzene rings is 1. The van der Waals surface area contributed by atoms with E-state index in [9.17, 15) is 4.79 Å². The maximum absolute atomic E-state index is 11.1. The highest BCUT2D eigenvalue weighted by atomic mass is 16.1. The van der Waals surface area contributed by atoms with Gasteiger partial charge in [-0.3, -0.25) is 4.79 Å². The lowest BCUT2D eigenvalue weighted by atomic mass is 10.3. The molecule has 1 aliphatic heterocycles. The van der Waals surface area contributed by atoms with Crippen LogP contribution in [0.4, 0.5) is 11.4 Å². The number of amides is 1. The van der Waals surface area contributed by atoms with Gasteiger partial charge in [0.05, 0.1) is 11.4 Å². The molecule has 1 aromatic carbocycles. The molecule has 1 aliphatic rings. The lowest BCUT2D eigenvalue weighted by molar-refractivity contribution is -0.115. The van der Waals surface area contributed by atoms with Gasteiger partial charge in [0.25, 0.3) is 0 Å². The van der Waals surface area contributed by atoms with E-state index in [4.69, 9.17) is 0 Å². The molecule has 1 radical (unpaired) electrons. The molecule has 1 amide bonds. The van der Waals surface area contributed by atoms with Crippen LogP contribution in [0.5, 0.6) is 0 Å². The Kier molecular flexibility index (Phi) is 1.70. The minimum Gasteiger partial charge on any atom is -0.383 e. The SMILES string of the molecule is O=C1CCNc2c[c]ccc2N1. The number of nitrogens with one attached hydrogen (secondary N) is 2. The molecule has 12 heavy (non-hydrogen) atoms. The lowest BCUT2D eigenvalue weighted by Crippen LogP contribution is -2.10. The van der Waals surface area contributed by atoms with E-state index in [0.29, 0.717) is 13.0 Å². The highest BCUT2D eigenvalue weighted by Gasteiger charge is 2.10. The zero-order chi connectivity index (χ0) is 8.39. The third-order valence-corrected chi connectivity index (χ3v) is 1.81. The quantitative estimate of drug-likeness (QED) is 0.601. The lowest BCUT2D eigenvalue weighted by Gasteiger charge is -2.05. The van der Waals surface area contributed by atoms with Gasteiger partial charge in [-0.15, -0.1) is 0 Å². The maximum Gasteiger partial charge on any atom is 0.226 e. The molecule has 2 N–H and O–H groups in total. The molecular formula is C9H9N2O. The van der Waals surface area contributed by atoms with Crippen molar-refractivity contribution >= 4 is 17.3 Å². The van der Waals surface area contributed by atoms with Crippen LogP contribution in [0.2, 0.25) is 0 Å². The van der Waals surface area contributed by atoms with E-state index in [0.717, 1.165) is 11.4 Å². The van der Waals surface area contributed by atoms with Crippen molar-refractivity contribution in [2.75, 3.05) is 17.2 Å². The summed E-state index contributed by atoms with van der Waals surface area (Å²) in [6.07, 6.45) is 0.522. The Morgan fingerprint density at radius 2 is 2.33 bits per heavy atom. The van der Waals surface area contributed by atoms with Crippen molar-refractivity contribution in [1.82, 2.24) is 0 Å². The van der Waals surface area contributed by atoms with E-state index in [1.54, 1.807) is 6.07 Å². The van der Waals surface area contributed by atoms with Gasteiger partial charge >= 0.3 is 0 Å². The van der Waals surface area contributed by atoms with Gasteiger partial charge in [-0.2, -0.15) is 0 Å². The Morgan fingerprint density at radius 3 is 3.25 bits per heavy atom. The van der Waals surface area contributed by atoms with Crippen molar-refractivity contribution in [2.45, 2.75) is 6.42 Å². The van der Waals surface area contributed by atoms with Gasteiger partial charge in [0.2, 0.25) is 5.91 Å². The molecule has 0 unspecified atom stereocenters. The van der Waals surface area contributed by atoms with Gasteiger partial charge in [0.15, 0.2) is 0 Å². The molecule has 0 atom stereocenters. The first-order valence-electron chi connectivity index (χ1n) is 3.90. The Morgan fingerprint density at radius 1 is 1.42 bits per heavy atom. The van der Waals surface area contributed by atoms with Crippen molar-refractivity contribution in [3.05, 3.63) is 24.3 Å². The predicted molar refractivity (Wildman–Crippen MR) is 47.0 cm³/mol. The van der Waals surface area contributed by atoms with E-state index < -0.39 is 0 Å². The monoisotopic (exact) mass is 161 g/mol. The number of hydrogen-bond acceptors (Lipinski definition) is 2. The number of rotatable bonds is 0. The maximum atomic E-state index is 11.1. The van der Waals surface area contributed by atoms with Gasteiger partial charge in [-0.1, -0.05) is 6.07 Å². The average Bonchev–Trinajstić information content (AvgIpc) is 2.25. The Labute approximate surface area is 70.8 Å². The summed E-state index contributed by atoms with van der Waals surface area (Å²) < 4.78 is 0. The van der Waals surface area contributed by atoms with Crippen molar-refractivity contribution in [3.8, 4) is 0 Å². The molecule has 0 aliphatic carbocycles. The second-order valence-electron chi connectivity index (χ2n) is 2.70. The largest absolute Gasteiger partial charge is 0.383 e. The summed E-state index contributed by atoms with van der Waals surface area (Å²) in [5, 5.41) is 5.94. The Balaban J connectivity index is 2.37. The van der Waals surface area contributed by atoms with Gasteiger partial charge in [-0.25, -0.2) is 0 Å². The number of carbonyl (C=O) groups excluding carboxylic acids is 1. The first-order valence-corrected chi connectivity index (χ1v) is 3.90. The van der Waals surface area contributed by atoms with Gasteiger partial charge in [0, 0.05) is 13.0 Å². The molecule has 0 saturated carbocycles. The molecule has 0 aromatic heterocycles. The van der Waals surface area contributed by atoms with Gasteiger partial charge in [0.1, 0.15) is 0 Å². The molecule has 2 rings (SSSR count). The van der Waals surface area contributed by atoms with E-state index >= 15 is 0 Å². The Bertz CT molecular complexity index is 309. The number of hydrogen-bond donors (Lipinski definition) is 2. The molecule has 1 aromatic rings. The predicted octanol–water partition coefficient (Wildman–Crippen LogP) is 1.24. The first kappa shape index (κ1) is 7.16. The summed E-state index contributed by atoms with van der Waals surface area (Å²) in [5.74, 6) is 0.0625. The van der Waals surface area contributed by atoms with Crippen LogP contribution in [-0.4, -0.2) is 12.5 Å². The fraction of sp³-hybridized carbons (Fsp3) is 0.222. The molecule has 3 nitrogen and oxygen atoms in total. The van der Waals surface area contributed by atoms with E-state index in [1.165, 1.54) is 0 Å². The first-order chi connectivity index (χ1) is 5.86. The Hall–Kier alpha value is -1.51. The smallest absolute Gasteiger partial charge is 0.226 e. The van der Waals surface area contributed by atoms with Crippen molar-refractivity contribution in [2.24, 2.45) is 0 Å². The summed E-state index contributed by atoms with van der Waals surface area (Å²) in [6.45, 7) is 0.691. The van der Waals surface area contributed by atoms with E-state index in [1.807, 2.05) is 12.1 Å². The standard InChI is InChI=1S/C9H9N2O/c12-9-5-6-10-7-3-1-2-4-8(7)11-9/h2-4,10H,5-6H2,(H,11,12). The van der Waals surface area contributed by atoms with Gasteiger partial charge in [-0.05, 0) is 18.2 Å². The second-order valence-corrected chi connectivity index (χ2v) is 2.70. The highest BCUT2D eigenvalue weighted by molar-refractivity contribution is 5.95. The van der Waals surface area contributed by atoms with Crippen molar-refractivity contribution < 1.29 is 4.79 Å². The molecule has 0 fully saturated rings. The normalized spacial score (nSPS) is 15.5. The minimum atomic E-state index is 0.0625. The minimum absolute atomic E-state index is 0.0625. The zero-order valence-electron chi connectivity index (χ0n) is 6.55. The van der Waals surface area contributed by atoms with Crippen molar-refractivity contribution in [1.29, 1.82) is 0 Å². The fourth-order valence-corrected chi connectivity index (χ4v) is 1.21. The van der Waals surface area contributed by atoms with Crippen LogP contribution in [0.25, 0.3) is 0 Å². The van der Waals surface area contributed by atoms with Gasteiger partial charge < -0.3 is 10.6 Å². The van der Waals surface area contributed by atoms with Crippen LogP contribution < -0.4 is 10.6 Å². The molecular weight excluding hydrogens is 152 g/mol. The summed E-state index contributed by atoms with van der Waals surface area (Å²) >= 11 is 0. The van der Waals surface area contributed by atoms with Crippen LogP contribution in [0.15, 0.2) is 18.2 Å². The molecule has 1 heterocycles. The summed E-state index contributed by atoms with van der Waals surface area (Å²) in [4.78, 5) is 11.1. The summed E-state index contributed by atoms with van der Waals surface area (Å²) in [6, 6.07) is 8.41. The van der Waals surface area contributed by atoms with Crippen LogP contribution in [-0.2, 0) is 4.79 Å². The molecule has 0 saturated heterocycles. The van der Waals surface area contributed by atoms with Crippen LogP contribution >= 0.6 is 0 Å². The number of anilines is 2. The topological polar surface area (TPSA) is 41.1 Å². The van der Waals surface area contributed by atoms with Crippen LogP contribution in [0, 0.1) is 6.07 Å². The van der Waals surface area contributed by atoms with Crippen LogP contribution in [0.3, 0.4) is 0 Å². The third kappa shape index (κ3) is 1.25. The number of fused-ring (bicyclic) bond motifs is 1. The zero-order valence-corrected chi connectivity index (χ0v) is 6.55. The van der Waals surface area contributed by atoms with Crippen LogP contribution in [0.1, 0.15) is 6.42 Å². The fourth-order valence-electron chi connectivity index (χ4n) is 1.21. The average molecular weight is 161 g/mol. The molecule has 3 heteroatoms. The molecule has 61 valence electrons. The summed E-state index contributed by atoms with van der Waals surface area (Å²) in [7, 11) is 0. The third-order valence-electron chi connectivity index (χ3n) is 1.81. The van der Waals surface area contributed by atoms with E-state index in [2.05, 4.69) is 16.7 Å². The number of carbonyl (C=O) groups is 1. The second kappa shape index (κ2) is 2.85. The van der Waals surface area contributed by atoms with Crippen molar-refractivity contribution in [3.63, 3.8) is 0 Å². The highest BCUT2D eigenvalue weighted by Crippen LogP contribution is 2.22. The molecule has 0 spiro atoms. The van der Waals surface area contributed by atoms with E-state index in [-0.39, 0.29) is 5.91 Å². The molecule has 0 bridgehead atoms. The summed E-state index contributed by atoms with van der Waals surface area (Å²) in [5.41, 5.74) is 1.79.